The zero-order chi connectivity index (χ0) is 25.7. The molecule has 1 aromatic heterocycles. The van der Waals surface area contributed by atoms with Gasteiger partial charge in [-0.1, -0.05) is 12.1 Å². The Labute approximate surface area is 210 Å². The van der Waals surface area contributed by atoms with Crippen molar-refractivity contribution < 1.29 is 23.5 Å². The monoisotopic (exact) mass is 494 g/mol. The Morgan fingerprint density at radius 1 is 1.14 bits per heavy atom. The van der Waals surface area contributed by atoms with Crippen molar-refractivity contribution in [3.05, 3.63) is 77.6 Å². The van der Waals surface area contributed by atoms with Gasteiger partial charge in [-0.05, 0) is 48.2 Å². The molecule has 3 aromatic rings. The fourth-order valence-corrected chi connectivity index (χ4v) is 4.51. The minimum absolute atomic E-state index is 0.0720. The predicted octanol–water partition coefficient (Wildman–Crippen LogP) is 3.26. The Hall–Kier alpha value is -3.88. The summed E-state index contributed by atoms with van der Waals surface area (Å²) >= 11 is 0. The summed E-state index contributed by atoms with van der Waals surface area (Å²) in [5, 5.41) is 3.15. The molecule has 4 rings (SSSR count). The number of halogens is 1. The molecule has 9 heteroatoms. The highest BCUT2D eigenvalue weighted by molar-refractivity contribution is 5.82. The normalized spacial score (nSPS) is 16.3. The van der Waals surface area contributed by atoms with E-state index in [1.807, 2.05) is 29.9 Å². The van der Waals surface area contributed by atoms with Gasteiger partial charge in [0, 0.05) is 38.6 Å². The minimum Gasteiger partial charge on any atom is -0.497 e. The quantitative estimate of drug-likeness (QED) is 0.520. The standard InChI is InChI=1S/C27H31FN4O4/c1-31-12-10-29-26(31)25(20-14-22(35-2)16-23(15-20)36-3)30-27(34)19-5-4-11-32(17-19)24(33)13-18-6-8-21(28)9-7-18/h6-10,12,14-16,19,25H,4-5,11,13,17H2,1-3H3,(H,30,34). The Morgan fingerprint density at radius 2 is 1.83 bits per heavy atom. The lowest BCUT2D eigenvalue weighted by Crippen LogP contribution is -2.46. The van der Waals surface area contributed by atoms with Crippen molar-refractivity contribution >= 4 is 11.8 Å². The second-order valence-corrected chi connectivity index (χ2v) is 8.97. The van der Waals surface area contributed by atoms with Crippen LogP contribution in [0.5, 0.6) is 11.5 Å². The third-order valence-electron chi connectivity index (χ3n) is 6.52. The van der Waals surface area contributed by atoms with E-state index in [1.165, 1.54) is 12.1 Å². The van der Waals surface area contributed by atoms with Gasteiger partial charge in [0.05, 0.1) is 26.6 Å². The molecular formula is C27H31FN4O4. The van der Waals surface area contributed by atoms with Crippen molar-refractivity contribution in [1.29, 1.82) is 0 Å². The third kappa shape index (κ3) is 5.84. The highest BCUT2D eigenvalue weighted by atomic mass is 19.1. The van der Waals surface area contributed by atoms with Gasteiger partial charge in [0.1, 0.15) is 29.2 Å². The van der Waals surface area contributed by atoms with Crippen molar-refractivity contribution in [3.63, 3.8) is 0 Å². The molecule has 0 saturated carbocycles. The van der Waals surface area contributed by atoms with Gasteiger partial charge in [0.2, 0.25) is 11.8 Å². The smallest absolute Gasteiger partial charge is 0.227 e. The number of methoxy groups -OCH3 is 2. The first-order valence-electron chi connectivity index (χ1n) is 11.9. The summed E-state index contributed by atoms with van der Waals surface area (Å²) in [7, 11) is 5.02. The number of nitrogens with zero attached hydrogens (tertiary/aromatic N) is 3. The summed E-state index contributed by atoms with van der Waals surface area (Å²) in [6, 6.07) is 10.9. The number of nitrogens with one attached hydrogen (secondary N) is 1. The van der Waals surface area contributed by atoms with Gasteiger partial charge in [-0.2, -0.15) is 0 Å². The fraction of sp³-hybridized carbons (Fsp3) is 0.370. The SMILES string of the molecule is COc1cc(OC)cc(C(NC(=O)C2CCCN(C(=O)Cc3ccc(F)cc3)C2)c2nccn2C)c1. The summed E-state index contributed by atoms with van der Waals surface area (Å²) in [5.41, 5.74) is 1.52. The van der Waals surface area contributed by atoms with E-state index in [0.29, 0.717) is 36.8 Å². The van der Waals surface area contributed by atoms with Gasteiger partial charge in [-0.25, -0.2) is 9.37 Å². The molecule has 8 nitrogen and oxygen atoms in total. The molecule has 36 heavy (non-hydrogen) atoms. The maximum absolute atomic E-state index is 13.5. The number of ether oxygens (including phenoxy) is 2. The maximum Gasteiger partial charge on any atom is 0.227 e. The molecule has 0 radical (unpaired) electrons. The number of benzene rings is 2. The molecule has 2 unspecified atom stereocenters. The second kappa shape index (κ2) is 11.2. The van der Waals surface area contributed by atoms with E-state index in [4.69, 9.17) is 9.47 Å². The molecule has 0 aliphatic carbocycles. The van der Waals surface area contributed by atoms with Crippen LogP contribution in [0.1, 0.15) is 35.8 Å². The first-order chi connectivity index (χ1) is 17.4. The average Bonchev–Trinajstić information content (AvgIpc) is 3.33. The van der Waals surface area contributed by atoms with Crippen LogP contribution in [0.25, 0.3) is 0 Å². The van der Waals surface area contributed by atoms with Gasteiger partial charge in [0.15, 0.2) is 0 Å². The molecule has 1 aliphatic rings. The molecule has 0 spiro atoms. The zero-order valence-corrected chi connectivity index (χ0v) is 20.7. The summed E-state index contributed by atoms with van der Waals surface area (Å²) < 4.78 is 25.9. The first kappa shape index (κ1) is 25.2. The summed E-state index contributed by atoms with van der Waals surface area (Å²) in [4.78, 5) is 32.6. The molecule has 190 valence electrons. The predicted molar refractivity (Wildman–Crippen MR) is 132 cm³/mol. The molecule has 0 bridgehead atoms. The summed E-state index contributed by atoms with van der Waals surface area (Å²) in [6.07, 6.45) is 5.09. The third-order valence-corrected chi connectivity index (χ3v) is 6.52. The number of piperidine rings is 1. The van der Waals surface area contributed by atoms with E-state index in [9.17, 15) is 14.0 Å². The zero-order valence-electron chi connectivity index (χ0n) is 20.7. The number of hydrogen-bond acceptors (Lipinski definition) is 5. The van der Waals surface area contributed by atoms with Crippen LogP contribution in [0.2, 0.25) is 0 Å². The molecule has 1 aliphatic heterocycles. The van der Waals surface area contributed by atoms with Crippen molar-refractivity contribution in [2.45, 2.75) is 25.3 Å². The van der Waals surface area contributed by atoms with Crippen molar-refractivity contribution in [2.75, 3.05) is 27.3 Å². The molecule has 2 aromatic carbocycles. The van der Waals surface area contributed by atoms with Crippen LogP contribution in [0.15, 0.2) is 54.9 Å². The number of aromatic nitrogens is 2. The Morgan fingerprint density at radius 3 is 2.44 bits per heavy atom. The minimum atomic E-state index is -0.535. The molecule has 1 saturated heterocycles. The number of likely N-dealkylation sites (tertiary alicyclic amines) is 1. The largest absolute Gasteiger partial charge is 0.497 e. The topological polar surface area (TPSA) is 85.7 Å². The molecule has 2 amide bonds. The van der Waals surface area contributed by atoms with E-state index in [1.54, 1.807) is 43.5 Å². The Balaban J connectivity index is 1.51. The van der Waals surface area contributed by atoms with Crippen molar-refractivity contribution in [2.24, 2.45) is 13.0 Å². The molecule has 1 N–H and O–H groups in total. The highest BCUT2D eigenvalue weighted by Crippen LogP contribution is 2.30. The van der Waals surface area contributed by atoms with Crippen LogP contribution in [0.3, 0.4) is 0 Å². The van der Waals surface area contributed by atoms with Crippen LogP contribution in [-0.4, -0.2) is 53.6 Å². The van der Waals surface area contributed by atoms with E-state index >= 15 is 0 Å². The van der Waals surface area contributed by atoms with Crippen LogP contribution in [-0.2, 0) is 23.1 Å². The number of amides is 2. The van der Waals surface area contributed by atoms with Gasteiger partial charge in [-0.3, -0.25) is 9.59 Å². The number of imidazole rings is 1. The van der Waals surface area contributed by atoms with Gasteiger partial charge >= 0.3 is 0 Å². The molecule has 2 atom stereocenters. The number of aryl methyl sites for hydroxylation is 1. The number of carbonyl (C=O) groups is 2. The second-order valence-electron chi connectivity index (χ2n) is 8.97. The summed E-state index contributed by atoms with van der Waals surface area (Å²) in [5.74, 6) is 0.962. The number of rotatable bonds is 8. The van der Waals surface area contributed by atoms with Crippen LogP contribution in [0, 0.1) is 11.7 Å². The lowest BCUT2D eigenvalue weighted by atomic mass is 9.95. The van der Waals surface area contributed by atoms with E-state index < -0.39 is 6.04 Å². The van der Waals surface area contributed by atoms with E-state index in [2.05, 4.69) is 10.3 Å². The van der Waals surface area contributed by atoms with Gasteiger partial charge < -0.3 is 24.3 Å². The lowest BCUT2D eigenvalue weighted by molar-refractivity contribution is -0.135. The van der Waals surface area contributed by atoms with Gasteiger partial charge in [0.25, 0.3) is 0 Å². The number of carbonyl (C=O) groups excluding carboxylic acids is 2. The Bertz CT molecular complexity index is 1190. The van der Waals surface area contributed by atoms with E-state index in [0.717, 1.165) is 17.5 Å². The maximum atomic E-state index is 13.5. The highest BCUT2D eigenvalue weighted by Gasteiger charge is 2.31. The molecular weight excluding hydrogens is 463 g/mol. The van der Waals surface area contributed by atoms with E-state index in [-0.39, 0.29) is 30.0 Å². The van der Waals surface area contributed by atoms with Crippen LogP contribution in [0.4, 0.5) is 4.39 Å². The first-order valence-corrected chi connectivity index (χ1v) is 11.9. The average molecular weight is 495 g/mol. The van der Waals surface area contributed by atoms with Crippen LogP contribution >= 0.6 is 0 Å². The fourth-order valence-electron chi connectivity index (χ4n) is 4.51. The molecule has 2 heterocycles. The van der Waals surface area contributed by atoms with Crippen molar-refractivity contribution in [1.82, 2.24) is 19.8 Å². The van der Waals surface area contributed by atoms with Gasteiger partial charge in [-0.15, -0.1) is 0 Å². The number of hydrogen-bond donors (Lipinski definition) is 1. The van der Waals surface area contributed by atoms with Crippen LogP contribution < -0.4 is 14.8 Å². The van der Waals surface area contributed by atoms with Crippen molar-refractivity contribution in [3.8, 4) is 11.5 Å². The lowest BCUT2D eigenvalue weighted by Gasteiger charge is -2.33. The molecule has 1 fully saturated rings. The summed E-state index contributed by atoms with van der Waals surface area (Å²) in [6.45, 7) is 0.931. The Kier molecular flexibility index (Phi) is 7.87.